The molecule has 1 aromatic carbocycles. The Bertz CT molecular complexity index is 1300. The lowest BCUT2D eigenvalue weighted by atomic mass is 9.87. The average molecular weight is 463 g/mol. The van der Waals surface area contributed by atoms with E-state index in [2.05, 4.69) is 34.0 Å². The summed E-state index contributed by atoms with van der Waals surface area (Å²) >= 11 is 0. The lowest BCUT2D eigenvalue weighted by molar-refractivity contribution is 0.141. The second-order valence-corrected chi connectivity index (χ2v) is 8.95. The van der Waals surface area contributed by atoms with E-state index in [1.165, 1.54) is 19.4 Å². The molecular weight excluding hydrogens is 435 g/mol. The molecule has 4 aromatic rings. The third-order valence-electron chi connectivity index (χ3n) is 6.35. The number of hydrogen-bond acceptors (Lipinski definition) is 7. The van der Waals surface area contributed by atoms with Crippen molar-refractivity contribution in [1.82, 2.24) is 20.1 Å². The van der Waals surface area contributed by atoms with Gasteiger partial charge in [0.1, 0.15) is 11.6 Å². The maximum Gasteiger partial charge on any atom is 0.229 e. The largest absolute Gasteiger partial charge is 0.490 e. The van der Waals surface area contributed by atoms with E-state index in [1.807, 2.05) is 24.3 Å². The molecule has 0 bridgehead atoms. The number of methoxy groups -OCH3 is 1. The van der Waals surface area contributed by atoms with Crippen LogP contribution in [-0.2, 0) is 0 Å². The summed E-state index contributed by atoms with van der Waals surface area (Å²) in [6.07, 6.45) is 6.91. The highest BCUT2D eigenvalue weighted by Gasteiger charge is 2.28. The number of fused-ring (bicyclic) bond motifs is 1. The first-order chi connectivity index (χ1) is 16.5. The predicted molar refractivity (Wildman–Crippen MR) is 125 cm³/mol. The highest BCUT2D eigenvalue weighted by Crippen LogP contribution is 2.37. The van der Waals surface area contributed by atoms with Gasteiger partial charge in [-0.2, -0.15) is 4.98 Å². The van der Waals surface area contributed by atoms with Crippen molar-refractivity contribution in [2.75, 3.05) is 7.11 Å². The highest BCUT2D eigenvalue weighted by atomic mass is 19.1. The van der Waals surface area contributed by atoms with E-state index in [-0.39, 0.29) is 23.8 Å². The Morgan fingerprint density at radius 1 is 1.06 bits per heavy atom. The number of ether oxygens (including phenoxy) is 2. The molecule has 0 atom stereocenters. The molecule has 0 unspecified atom stereocenters. The summed E-state index contributed by atoms with van der Waals surface area (Å²) < 4.78 is 31.7. The maximum absolute atomic E-state index is 14.7. The number of nitrogens with zero attached hydrogens (tertiary/aromatic N) is 4. The van der Waals surface area contributed by atoms with Crippen LogP contribution in [0.5, 0.6) is 11.6 Å². The van der Waals surface area contributed by atoms with E-state index in [0.29, 0.717) is 16.6 Å². The summed E-state index contributed by atoms with van der Waals surface area (Å²) in [4.78, 5) is 13.3. The zero-order valence-corrected chi connectivity index (χ0v) is 19.5. The van der Waals surface area contributed by atoms with E-state index >= 15 is 0 Å². The van der Waals surface area contributed by atoms with Gasteiger partial charge in [-0.3, -0.25) is 4.98 Å². The van der Waals surface area contributed by atoms with Gasteiger partial charge in [-0.15, -0.1) is 0 Å². The van der Waals surface area contributed by atoms with Gasteiger partial charge < -0.3 is 14.0 Å². The first kappa shape index (κ1) is 22.3. The van der Waals surface area contributed by atoms with E-state index < -0.39 is 5.82 Å². The number of halogens is 1. The molecule has 0 aliphatic heterocycles. The van der Waals surface area contributed by atoms with E-state index in [4.69, 9.17) is 14.0 Å². The monoisotopic (exact) mass is 462 g/mol. The minimum atomic E-state index is -0.410. The van der Waals surface area contributed by atoms with Crippen LogP contribution in [0.1, 0.15) is 63.1 Å². The van der Waals surface area contributed by atoms with Gasteiger partial charge in [-0.1, -0.05) is 31.1 Å². The predicted octanol–water partition coefficient (Wildman–Crippen LogP) is 6.06. The number of aromatic nitrogens is 4. The van der Waals surface area contributed by atoms with Crippen LogP contribution in [0.4, 0.5) is 4.39 Å². The Kier molecular flexibility index (Phi) is 6.13. The van der Waals surface area contributed by atoms with Gasteiger partial charge in [-0.25, -0.2) is 9.37 Å². The molecule has 7 nitrogen and oxygen atoms in total. The molecule has 0 saturated heterocycles. The quantitative estimate of drug-likeness (QED) is 0.345. The molecule has 8 heteroatoms. The van der Waals surface area contributed by atoms with Crippen molar-refractivity contribution in [2.24, 2.45) is 0 Å². The molecule has 176 valence electrons. The van der Waals surface area contributed by atoms with Crippen molar-refractivity contribution in [3.05, 3.63) is 60.3 Å². The van der Waals surface area contributed by atoms with Crippen LogP contribution in [0, 0.1) is 5.82 Å². The standard InChI is InChI=1S/C26H27FN4O3/c1-15(2)25-30-26(34-31-25)16-7-9-17(10-8-16)33-22-11-12-28-24-18(5-4-6-19(22)24)20-14-29-23(32-3)13-21(20)27/h4-6,11-17H,7-10H2,1-3H3. The molecule has 34 heavy (non-hydrogen) atoms. The van der Waals surface area contributed by atoms with E-state index in [1.54, 1.807) is 6.20 Å². The summed E-state index contributed by atoms with van der Waals surface area (Å²) in [7, 11) is 1.46. The van der Waals surface area contributed by atoms with Gasteiger partial charge in [0.05, 0.1) is 18.7 Å². The fourth-order valence-electron chi connectivity index (χ4n) is 4.45. The van der Waals surface area contributed by atoms with Crippen LogP contribution in [0.3, 0.4) is 0 Å². The third kappa shape index (κ3) is 4.32. The molecule has 1 fully saturated rings. The van der Waals surface area contributed by atoms with Crippen LogP contribution >= 0.6 is 0 Å². The topological polar surface area (TPSA) is 83.2 Å². The van der Waals surface area contributed by atoms with Crippen LogP contribution in [0.15, 0.2) is 47.2 Å². The number of rotatable bonds is 6. The van der Waals surface area contributed by atoms with Crippen molar-refractivity contribution in [3.63, 3.8) is 0 Å². The zero-order valence-electron chi connectivity index (χ0n) is 19.5. The second kappa shape index (κ2) is 9.37. The molecule has 3 aromatic heterocycles. The minimum absolute atomic E-state index is 0.0809. The Hall–Kier alpha value is -3.55. The van der Waals surface area contributed by atoms with Gasteiger partial charge in [0.25, 0.3) is 0 Å². The summed E-state index contributed by atoms with van der Waals surface area (Å²) in [5, 5.41) is 4.94. The lowest BCUT2D eigenvalue weighted by Crippen LogP contribution is -2.23. The number of para-hydroxylation sites is 1. The zero-order chi connectivity index (χ0) is 23.7. The van der Waals surface area contributed by atoms with Crippen molar-refractivity contribution in [2.45, 2.75) is 57.5 Å². The number of pyridine rings is 2. The van der Waals surface area contributed by atoms with Gasteiger partial charge in [0.2, 0.25) is 11.8 Å². The lowest BCUT2D eigenvalue weighted by Gasteiger charge is -2.27. The Morgan fingerprint density at radius 3 is 2.59 bits per heavy atom. The summed E-state index contributed by atoms with van der Waals surface area (Å²) in [5.74, 6) is 2.59. The first-order valence-corrected chi connectivity index (χ1v) is 11.6. The molecule has 0 amide bonds. The van der Waals surface area contributed by atoms with E-state index in [9.17, 15) is 4.39 Å². The van der Waals surface area contributed by atoms with Crippen LogP contribution in [-0.4, -0.2) is 33.3 Å². The van der Waals surface area contributed by atoms with Crippen molar-refractivity contribution in [1.29, 1.82) is 0 Å². The Labute approximate surface area is 197 Å². The molecule has 1 saturated carbocycles. The molecule has 1 aliphatic rings. The van der Waals surface area contributed by atoms with E-state index in [0.717, 1.165) is 48.5 Å². The summed E-state index contributed by atoms with van der Waals surface area (Å²) in [6, 6.07) is 8.82. The fourth-order valence-corrected chi connectivity index (χ4v) is 4.45. The molecule has 1 aliphatic carbocycles. The summed E-state index contributed by atoms with van der Waals surface area (Å²) in [5.41, 5.74) is 1.71. The normalized spacial score (nSPS) is 18.4. The molecule has 3 heterocycles. The maximum atomic E-state index is 14.7. The first-order valence-electron chi connectivity index (χ1n) is 11.6. The third-order valence-corrected chi connectivity index (χ3v) is 6.35. The highest BCUT2D eigenvalue weighted by molar-refractivity contribution is 5.96. The van der Waals surface area contributed by atoms with Crippen LogP contribution in [0.25, 0.3) is 22.0 Å². The average Bonchev–Trinajstić information content (AvgIpc) is 3.35. The second-order valence-electron chi connectivity index (χ2n) is 8.95. The Morgan fingerprint density at radius 2 is 1.88 bits per heavy atom. The number of hydrogen-bond donors (Lipinski definition) is 0. The van der Waals surface area contributed by atoms with Gasteiger partial charge in [0, 0.05) is 46.8 Å². The van der Waals surface area contributed by atoms with Crippen molar-refractivity contribution in [3.8, 4) is 22.8 Å². The van der Waals surface area contributed by atoms with Crippen LogP contribution < -0.4 is 9.47 Å². The van der Waals surface area contributed by atoms with Crippen molar-refractivity contribution >= 4 is 10.9 Å². The fraction of sp³-hybridized carbons (Fsp3) is 0.385. The molecular formula is C26H27FN4O3. The van der Waals surface area contributed by atoms with Gasteiger partial charge in [0.15, 0.2) is 5.82 Å². The smallest absolute Gasteiger partial charge is 0.229 e. The van der Waals surface area contributed by atoms with Crippen LogP contribution in [0.2, 0.25) is 0 Å². The molecule has 0 N–H and O–H groups in total. The molecule has 0 spiro atoms. The SMILES string of the molecule is COc1cc(F)c(-c2cccc3c(OC4CCC(c5nc(C(C)C)no5)CC4)ccnc23)cn1. The molecule has 5 rings (SSSR count). The Balaban J connectivity index is 1.35. The molecule has 0 radical (unpaired) electrons. The van der Waals surface area contributed by atoms with Gasteiger partial charge in [-0.05, 0) is 37.8 Å². The summed E-state index contributed by atoms with van der Waals surface area (Å²) in [6.45, 7) is 4.12. The van der Waals surface area contributed by atoms with Crippen molar-refractivity contribution < 1.29 is 18.4 Å². The number of benzene rings is 1. The minimum Gasteiger partial charge on any atom is -0.490 e. The van der Waals surface area contributed by atoms with Gasteiger partial charge >= 0.3 is 0 Å².